The van der Waals surface area contributed by atoms with Gasteiger partial charge in [0.25, 0.3) is 0 Å². The molecule has 3 aromatic rings. The van der Waals surface area contributed by atoms with Crippen molar-refractivity contribution in [3.8, 4) is 17.0 Å². The van der Waals surface area contributed by atoms with Gasteiger partial charge in [0.2, 0.25) is 0 Å². The SMILES string of the molecule is COc1ccc(CNc2cc(-c3ccccc3C)nn2CCO)cc1. The molecule has 5 heteroatoms. The summed E-state index contributed by atoms with van der Waals surface area (Å²) in [5.41, 5.74) is 4.34. The third-order valence-corrected chi connectivity index (χ3v) is 4.15. The molecular weight excluding hydrogens is 314 g/mol. The lowest BCUT2D eigenvalue weighted by Crippen LogP contribution is -2.10. The molecule has 1 heterocycles. The topological polar surface area (TPSA) is 59.3 Å². The highest BCUT2D eigenvalue weighted by atomic mass is 16.5. The molecule has 25 heavy (non-hydrogen) atoms. The van der Waals surface area contributed by atoms with Gasteiger partial charge in [0.05, 0.1) is 26.0 Å². The first-order valence-corrected chi connectivity index (χ1v) is 8.33. The van der Waals surface area contributed by atoms with Crippen molar-refractivity contribution in [1.29, 1.82) is 0 Å². The predicted molar refractivity (Wildman–Crippen MR) is 99.8 cm³/mol. The molecule has 1 aromatic heterocycles. The average Bonchev–Trinajstić information content (AvgIpc) is 3.04. The Morgan fingerprint density at radius 3 is 2.56 bits per heavy atom. The van der Waals surface area contributed by atoms with Crippen LogP contribution in [0, 0.1) is 6.92 Å². The van der Waals surface area contributed by atoms with Gasteiger partial charge in [-0.15, -0.1) is 0 Å². The van der Waals surface area contributed by atoms with Gasteiger partial charge in [0, 0.05) is 18.2 Å². The van der Waals surface area contributed by atoms with Crippen LogP contribution in [0.1, 0.15) is 11.1 Å². The van der Waals surface area contributed by atoms with Gasteiger partial charge in [-0.25, -0.2) is 4.68 Å². The van der Waals surface area contributed by atoms with E-state index >= 15 is 0 Å². The number of nitrogens with zero attached hydrogens (tertiary/aromatic N) is 2. The molecule has 0 atom stereocenters. The summed E-state index contributed by atoms with van der Waals surface area (Å²) in [6, 6.07) is 18.1. The van der Waals surface area contributed by atoms with Crippen molar-refractivity contribution in [3.63, 3.8) is 0 Å². The molecule has 0 saturated carbocycles. The van der Waals surface area contributed by atoms with Gasteiger partial charge >= 0.3 is 0 Å². The normalized spacial score (nSPS) is 10.7. The van der Waals surface area contributed by atoms with Crippen molar-refractivity contribution in [3.05, 3.63) is 65.7 Å². The van der Waals surface area contributed by atoms with Gasteiger partial charge in [-0.2, -0.15) is 5.10 Å². The van der Waals surface area contributed by atoms with Crippen molar-refractivity contribution in [2.24, 2.45) is 0 Å². The smallest absolute Gasteiger partial charge is 0.125 e. The van der Waals surface area contributed by atoms with Crippen LogP contribution in [0.4, 0.5) is 5.82 Å². The van der Waals surface area contributed by atoms with Gasteiger partial charge in [-0.1, -0.05) is 36.4 Å². The minimum Gasteiger partial charge on any atom is -0.497 e. The Morgan fingerprint density at radius 2 is 1.88 bits per heavy atom. The van der Waals surface area contributed by atoms with E-state index in [4.69, 9.17) is 4.74 Å². The summed E-state index contributed by atoms with van der Waals surface area (Å²) < 4.78 is 7.00. The standard InChI is InChI=1S/C20H23N3O2/c1-15-5-3-4-6-18(15)19-13-20(23(22-19)11-12-24)21-14-16-7-9-17(25-2)10-8-16/h3-10,13,21,24H,11-12,14H2,1-2H3. The number of nitrogens with one attached hydrogen (secondary N) is 1. The van der Waals surface area contributed by atoms with Crippen LogP contribution in [-0.2, 0) is 13.1 Å². The largest absolute Gasteiger partial charge is 0.497 e. The third kappa shape index (κ3) is 4.00. The minimum absolute atomic E-state index is 0.0477. The molecule has 0 unspecified atom stereocenters. The van der Waals surface area contributed by atoms with E-state index in [0.717, 1.165) is 28.4 Å². The van der Waals surface area contributed by atoms with Gasteiger partial charge in [-0.3, -0.25) is 0 Å². The first-order chi connectivity index (χ1) is 12.2. The number of hydrogen-bond acceptors (Lipinski definition) is 4. The molecular formula is C20H23N3O2. The van der Waals surface area contributed by atoms with Crippen molar-refractivity contribution in [1.82, 2.24) is 9.78 Å². The van der Waals surface area contributed by atoms with Gasteiger partial charge in [0.15, 0.2) is 0 Å². The summed E-state index contributed by atoms with van der Waals surface area (Å²) in [6.07, 6.45) is 0. The molecule has 0 amide bonds. The lowest BCUT2D eigenvalue weighted by Gasteiger charge is -2.09. The predicted octanol–water partition coefficient (Wildman–Crippen LogP) is 3.47. The fraction of sp³-hybridized carbons (Fsp3) is 0.250. The summed E-state index contributed by atoms with van der Waals surface area (Å²) in [7, 11) is 1.66. The first kappa shape index (κ1) is 17.0. The molecule has 2 aromatic carbocycles. The van der Waals surface area contributed by atoms with Crippen LogP contribution in [-0.4, -0.2) is 28.6 Å². The molecule has 3 rings (SSSR count). The highest BCUT2D eigenvalue weighted by Crippen LogP contribution is 2.25. The van der Waals surface area contributed by atoms with Crippen LogP contribution in [0.15, 0.2) is 54.6 Å². The summed E-state index contributed by atoms with van der Waals surface area (Å²) in [5, 5.41) is 17.4. The fourth-order valence-electron chi connectivity index (χ4n) is 2.75. The number of benzene rings is 2. The monoisotopic (exact) mass is 337 g/mol. The maximum atomic E-state index is 9.32. The van der Waals surface area contributed by atoms with E-state index in [0.29, 0.717) is 13.1 Å². The second kappa shape index (κ2) is 7.85. The van der Waals surface area contributed by atoms with E-state index in [1.807, 2.05) is 47.1 Å². The zero-order valence-electron chi connectivity index (χ0n) is 14.6. The number of methoxy groups -OCH3 is 1. The molecule has 0 saturated heterocycles. The Kier molecular flexibility index (Phi) is 5.36. The second-order valence-electron chi connectivity index (χ2n) is 5.88. The molecule has 0 aliphatic rings. The van der Waals surface area contributed by atoms with Crippen LogP contribution in [0.25, 0.3) is 11.3 Å². The zero-order valence-corrected chi connectivity index (χ0v) is 14.6. The maximum absolute atomic E-state index is 9.32. The number of aryl methyl sites for hydroxylation is 1. The lowest BCUT2D eigenvalue weighted by atomic mass is 10.1. The number of aliphatic hydroxyl groups is 1. The first-order valence-electron chi connectivity index (χ1n) is 8.33. The third-order valence-electron chi connectivity index (χ3n) is 4.15. The quantitative estimate of drug-likeness (QED) is 0.693. The zero-order chi connectivity index (χ0) is 17.6. The van der Waals surface area contributed by atoms with E-state index in [-0.39, 0.29) is 6.61 Å². The van der Waals surface area contributed by atoms with Gasteiger partial charge in [-0.05, 0) is 30.2 Å². The Hall–Kier alpha value is -2.79. The Labute approximate surface area is 147 Å². The van der Waals surface area contributed by atoms with Crippen molar-refractivity contribution in [2.45, 2.75) is 20.0 Å². The molecule has 130 valence electrons. The fourth-order valence-corrected chi connectivity index (χ4v) is 2.75. The molecule has 0 spiro atoms. The van der Waals surface area contributed by atoms with Crippen molar-refractivity contribution >= 4 is 5.82 Å². The van der Waals surface area contributed by atoms with Crippen molar-refractivity contribution < 1.29 is 9.84 Å². The molecule has 0 fully saturated rings. The summed E-state index contributed by atoms with van der Waals surface area (Å²) >= 11 is 0. The van der Waals surface area contributed by atoms with Gasteiger partial charge < -0.3 is 15.2 Å². The molecule has 0 bridgehead atoms. The minimum atomic E-state index is 0.0477. The van der Waals surface area contributed by atoms with Crippen LogP contribution in [0.2, 0.25) is 0 Å². The van der Waals surface area contributed by atoms with E-state index in [1.165, 1.54) is 5.56 Å². The average molecular weight is 337 g/mol. The molecule has 2 N–H and O–H groups in total. The van der Waals surface area contributed by atoms with Crippen LogP contribution in [0.3, 0.4) is 0 Å². The maximum Gasteiger partial charge on any atom is 0.125 e. The summed E-state index contributed by atoms with van der Waals surface area (Å²) in [5.74, 6) is 1.74. The van der Waals surface area contributed by atoms with Gasteiger partial charge in [0.1, 0.15) is 11.6 Å². The number of anilines is 1. The molecule has 0 radical (unpaired) electrons. The second-order valence-corrected chi connectivity index (χ2v) is 5.88. The van der Waals surface area contributed by atoms with Crippen LogP contribution in [0.5, 0.6) is 5.75 Å². The highest BCUT2D eigenvalue weighted by molar-refractivity contribution is 5.66. The van der Waals surface area contributed by atoms with E-state index in [2.05, 4.69) is 29.5 Å². The molecule has 5 nitrogen and oxygen atoms in total. The number of hydrogen-bond donors (Lipinski definition) is 2. The van der Waals surface area contributed by atoms with Crippen LogP contribution >= 0.6 is 0 Å². The molecule has 0 aliphatic heterocycles. The Bertz CT molecular complexity index is 825. The van der Waals surface area contributed by atoms with E-state index in [9.17, 15) is 5.11 Å². The number of rotatable bonds is 7. The number of aromatic nitrogens is 2. The van der Waals surface area contributed by atoms with E-state index < -0.39 is 0 Å². The van der Waals surface area contributed by atoms with Crippen molar-refractivity contribution in [2.75, 3.05) is 19.0 Å². The Morgan fingerprint density at radius 1 is 1.12 bits per heavy atom. The molecule has 0 aliphatic carbocycles. The summed E-state index contributed by atoms with van der Waals surface area (Å²) in [6.45, 7) is 3.25. The summed E-state index contributed by atoms with van der Waals surface area (Å²) in [4.78, 5) is 0. The lowest BCUT2D eigenvalue weighted by molar-refractivity contribution is 0.270. The number of aliphatic hydroxyl groups excluding tert-OH is 1. The highest BCUT2D eigenvalue weighted by Gasteiger charge is 2.11. The van der Waals surface area contributed by atoms with E-state index in [1.54, 1.807) is 7.11 Å². The Balaban J connectivity index is 1.80. The van der Waals surface area contributed by atoms with Crippen LogP contribution < -0.4 is 10.1 Å². The number of ether oxygens (including phenoxy) is 1.